The van der Waals surface area contributed by atoms with E-state index in [0.29, 0.717) is 10.8 Å². The van der Waals surface area contributed by atoms with E-state index in [-0.39, 0.29) is 4.27 Å². The number of fused-ring (bicyclic) bond motifs is 3. The summed E-state index contributed by atoms with van der Waals surface area (Å²) in [4.78, 5) is 0. The molecule has 0 amide bonds. The molecule has 3 aliphatic rings. The maximum absolute atomic E-state index is 6.25. The third-order valence-corrected chi connectivity index (χ3v) is 7.97. The van der Waals surface area contributed by atoms with Crippen molar-refractivity contribution < 1.29 is 4.74 Å². The predicted octanol–water partition coefficient (Wildman–Crippen LogP) is 4.38. The molecule has 3 heterocycles. The second-order valence-electron chi connectivity index (χ2n) is 6.49. The number of unbranched alkanes of at least 4 members (excludes halogenated alkanes) is 2. The van der Waals surface area contributed by atoms with E-state index in [1.165, 1.54) is 17.9 Å². The Labute approximate surface area is 120 Å². The largest absolute Gasteiger partial charge is 0.354 e. The summed E-state index contributed by atoms with van der Waals surface area (Å²) >= 11 is 4.07. The second-order valence-corrected chi connectivity index (χ2v) is 9.22. The van der Waals surface area contributed by atoms with Crippen molar-refractivity contribution in [1.29, 1.82) is 0 Å². The summed E-state index contributed by atoms with van der Waals surface area (Å²) in [6.45, 7) is 7.99. The first kappa shape index (κ1) is 14.6. The fourth-order valence-electron chi connectivity index (χ4n) is 2.43. The molecule has 0 aliphatic carbocycles. The summed E-state index contributed by atoms with van der Waals surface area (Å²) in [6, 6.07) is 0. The van der Waals surface area contributed by atoms with Crippen molar-refractivity contribution in [2.24, 2.45) is 10.8 Å². The van der Waals surface area contributed by atoms with Gasteiger partial charge >= 0.3 is 0 Å². The zero-order valence-corrected chi connectivity index (χ0v) is 13.4. The molecule has 0 atom stereocenters. The normalized spacial score (nSPS) is 35.4. The van der Waals surface area contributed by atoms with Gasteiger partial charge in [-0.1, -0.05) is 20.8 Å². The molecular formula is C15H24OS2. The van der Waals surface area contributed by atoms with Gasteiger partial charge in [0.2, 0.25) is 0 Å². The molecule has 0 aromatic heterocycles. The zero-order valence-electron chi connectivity index (χ0n) is 11.8. The molecule has 0 radical (unpaired) electrons. The monoisotopic (exact) mass is 284 g/mol. The van der Waals surface area contributed by atoms with Crippen molar-refractivity contribution in [2.45, 2.75) is 50.7 Å². The van der Waals surface area contributed by atoms with E-state index in [1.807, 2.05) is 23.5 Å². The fraction of sp³-hybridized carbons (Fsp3) is 0.867. The average molecular weight is 284 g/mol. The van der Waals surface area contributed by atoms with Crippen LogP contribution in [-0.2, 0) is 4.74 Å². The first-order valence-electron chi connectivity index (χ1n) is 6.78. The van der Waals surface area contributed by atoms with E-state index in [0.717, 1.165) is 25.9 Å². The molecule has 0 aromatic carbocycles. The Hall–Kier alpha value is 0.220. The quantitative estimate of drug-likeness (QED) is 0.560. The predicted molar refractivity (Wildman–Crippen MR) is 82.8 cm³/mol. The molecule has 3 saturated heterocycles. The molecule has 3 heteroatoms. The lowest BCUT2D eigenvalue weighted by atomic mass is 9.69. The SMILES string of the molecule is C#CCCCCC12OCC(C(C)(C)C)(CS1)CS2. The zero-order chi connectivity index (χ0) is 13.3. The smallest absolute Gasteiger partial charge is 0.160 e. The number of terminal acetylenes is 1. The molecule has 2 bridgehead atoms. The number of thioether (sulfide) groups is 2. The molecule has 0 saturated carbocycles. The minimum atomic E-state index is 0.0433. The summed E-state index contributed by atoms with van der Waals surface area (Å²) in [5, 5.41) is 0. The lowest BCUT2D eigenvalue weighted by molar-refractivity contribution is -0.0436. The third kappa shape index (κ3) is 2.71. The molecule has 3 aliphatic heterocycles. The molecule has 102 valence electrons. The molecule has 18 heavy (non-hydrogen) atoms. The standard InChI is InChI=1S/C15H24OS2/c1-5-6-7-8-9-15-16-10-14(11-17-15,12-18-15)13(2,3)4/h1H,6-12H2,2-4H3. The first-order chi connectivity index (χ1) is 8.43. The van der Waals surface area contributed by atoms with Crippen LogP contribution in [0.4, 0.5) is 0 Å². The molecule has 0 aromatic rings. The summed E-state index contributed by atoms with van der Waals surface area (Å²) in [5.41, 5.74) is 0.700. The van der Waals surface area contributed by atoms with Gasteiger partial charge in [-0.25, -0.2) is 0 Å². The van der Waals surface area contributed by atoms with E-state index >= 15 is 0 Å². The average Bonchev–Trinajstić information content (AvgIpc) is 2.36. The summed E-state index contributed by atoms with van der Waals surface area (Å²) in [7, 11) is 0. The van der Waals surface area contributed by atoms with Gasteiger partial charge in [0, 0.05) is 23.3 Å². The Balaban J connectivity index is 1.90. The van der Waals surface area contributed by atoms with E-state index in [9.17, 15) is 0 Å². The van der Waals surface area contributed by atoms with Crippen molar-refractivity contribution >= 4 is 23.5 Å². The van der Waals surface area contributed by atoms with Gasteiger partial charge in [0.25, 0.3) is 0 Å². The van der Waals surface area contributed by atoms with Crippen LogP contribution in [0.1, 0.15) is 46.5 Å². The molecule has 3 fully saturated rings. The third-order valence-electron chi connectivity index (χ3n) is 4.35. The van der Waals surface area contributed by atoms with Gasteiger partial charge in [-0.05, 0) is 24.7 Å². The van der Waals surface area contributed by atoms with Gasteiger partial charge in [-0.15, -0.1) is 35.9 Å². The molecule has 0 spiro atoms. The van der Waals surface area contributed by atoms with Gasteiger partial charge in [-0.2, -0.15) is 0 Å². The van der Waals surface area contributed by atoms with Crippen molar-refractivity contribution in [2.75, 3.05) is 18.1 Å². The van der Waals surface area contributed by atoms with E-state index < -0.39 is 0 Å². The van der Waals surface area contributed by atoms with Gasteiger partial charge in [0.05, 0.1) is 6.61 Å². The molecule has 0 unspecified atom stereocenters. The topological polar surface area (TPSA) is 9.23 Å². The minimum absolute atomic E-state index is 0.0433. The lowest BCUT2D eigenvalue weighted by Crippen LogP contribution is -2.55. The van der Waals surface area contributed by atoms with Crippen LogP contribution in [0.15, 0.2) is 0 Å². The highest BCUT2D eigenvalue weighted by Crippen LogP contribution is 2.61. The van der Waals surface area contributed by atoms with Crippen LogP contribution in [0.2, 0.25) is 0 Å². The van der Waals surface area contributed by atoms with Crippen molar-refractivity contribution in [3.63, 3.8) is 0 Å². The van der Waals surface area contributed by atoms with Gasteiger partial charge in [0.1, 0.15) is 0 Å². The van der Waals surface area contributed by atoms with Crippen molar-refractivity contribution in [3.8, 4) is 12.3 Å². The van der Waals surface area contributed by atoms with Crippen molar-refractivity contribution in [3.05, 3.63) is 0 Å². The molecule has 0 N–H and O–H groups in total. The van der Waals surface area contributed by atoms with Crippen LogP contribution in [0.3, 0.4) is 0 Å². The van der Waals surface area contributed by atoms with Crippen LogP contribution >= 0.6 is 23.5 Å². The highest BCUT2D eigenvalue weighted by molar-refractivity contribution is 8.18. The van der Waals surface area contributed by atoms with E-state index in [2.05, 4.69) is 26.7 Å². The van der Waals surface area contributed by atoms with Gasteiger partial charge < -0.3 is 4.74 Å². The number of hydrogen-bond donors (Lipinski definition) is 0. The van der Waals surface area contributed by atoms with Crippen LogP contribution in [0, 0.1) is 23.2 Å². The number of rotatable bonds is 4. The summed E-state index contributed by atoms with van der Waals surface area (Å²) in [6.07, 6.45) is 9.66. The highest BCUT2D eigenvalue weighted by atomic mass is 32.2. The van der Waals surface area contributed by atoms with Crippen molar-refractivity contribution in [1.82, 2.24) is 0 Å². The van der Waals surface area contributed by atoms with E-state index in [4.69, 9.17) is 11.2 Å². The maximum Gasteiger partial charge on any atom is 0.160 e. The Morgan fingerprint density at radius 3 is 2.33 bits per heavy atom. The van der Waals surface area contributed by atoms with Crippen LogP contribution in [0.25, 0.3) is 0 Å². The number of ether oxygens (including phenoxy) is 1. The van der Waals surface area contributed by atoms with Gasteiger partial charge in [-0.3, -0.25) is 0 Å². The Kier molecular flexibility index (Phi) is 4.31. The fourth-order valence-corrected chi connectivity index (χ4v) is 6.34. The Morgan fingerprint density at radius 1 is 1.22 bits per heavy atom. The minimum Gasteiger partial charge on any atom is -0.354 e. The molecular weight excluding hydrogens is 260 g/mol. The van der Waals surface area contributed by atoms with Crippen LogP contribution in [0.5, 0.6) is 0 Å². The van der Waals surface area contributed by atoms with E-state index in [1.54, 1.807) is 0 Å². The Bertz CT molecular complexity index is 313. The first-order valence-corrected chi connectivity index (χ1v) is 8.76. The summed E-state index contributed by atoms with van der Waals surface area (Å²) < 4.78 is 6.29. The molecule has 3 rings (SSSR count). The van der Waals surface area contributed by atoms with Crippen LogP contribution in [-0.4, -0.2) is 22.4 Å². The summed E-state index contributed by atoms with van der Waals surface area (Å²) in [5.74, 6) is 5.21. The highest BCUT2D eigenvalue weighted by Gasteiger charge is 2.55. The van der Waals surface area contributed by atoms with Crippen LogP contribution < -0.4 is 0 Å². The second kappa shape index (κ2) is 5.31. The van der Waals surface area contributed by atoms with Gasteiger partial charge in [0.15, 0.2) is 4.27 Å². The maximum atomic E-state index is 6.25. The Morgan fingerprint density at radius 2 is 1.89 bits per heavy atom. The lowest BCUT2D eigenvalue weighted by Gasteiger charge is -2.57. The number of hydrogen-bond acceptors (Lipinski definition) is 3. The molecule has 1 nitrogen and oxygen atoms in total.